The number of hydrogen-bond donors (Lipinski definition) is 1. The second-order valence-corrected chi connectivity index (χ2v) is 7.35. The Kier molecular flexibility index (Phi) is 8.21. The second kappa shape index (κ2) is 10.6. The van der Waals surface area contributed by atoms with Crippen molar-refractivity contribution in [3.63, 3.8) is 0 Å². The monoisotopic (exact) mass is 428 g/mol. The number of benzene rings is 1. The number of ether oxygens (including phenoxy) is 1. The molecule has 0 aliphatic carbocycles. The van der Waals surface area contributed by atoms with Crippen LogP contribution in [0.2, 0.25) is 0 Å². The lowest BCUT2D eigenvalue weighted by Gasteiger charge is -2.19. The third-order valence-electron chi connectivity index (χ3n) is 4.10. The Hall–Kier alpha value is -2.86. The van der Waals surface area contributed by atoms with Gasteiger partial charge in [0.1, 0.15) is 19.3 Å². The van der Waals surface area contributed by atoms with Crippen LogP contribution in [-0.4, -0.2) is 52.4 Å². The topological polar surface area (TPSA) is 151 Å². The number of aliphatic hydroxyl groups excluding tert-OH is 1. The van der Waals surface area contributed by atoms with Gasteiger partial charge in [-0.25, -0.2) is 0 Å². The van der Waals surface area contributed by atoms with Gasteiger partial charge in [0.05, 0.1) is 12.0 Å². The van der Waals surface area contributed by atoms with Crippen molar-refractivity contribution in [1.82, 2.24) is 0 Å². The Labute approximate surface area is 169 Å². The summed E-state index contributed by atoms with van der Waals surface area (Å²) >= 11 is 1.60. The maximum absolute atomic E-state index is 12.3. The summed E-state index contributed by atoms with van der Waals surface area (Å²) in [4.78, 5) is 42.1. The van der Waals surface area contributed by atoms with Crippen molar-refractivity contribution < 1.29 is 34.5 Å². The highest BCUT2D eigenvalue weighted by Crippen LogP contribution is 2.32. The summed E-state index contributed by atoms with van der Waals surface area (Å²) in [6.45, 7) is 0.198. The van der Waals surface area contributed by atoms with E-state index >= 15 is 0 Å². The highest BCUT2D eigenvalue weighted by atomic mass is 32.2. The van der Waals surface area contributed by atoms with Gasteiger partial charge in [-0.15, -0.1) is 32.0 Å². The zero-order chi connectivity index (χ0) is 21.4. The largest absolute Gasteiger partial charge is 0.458 e. The third-order valence-corrected chi connectivity index (χ3v) is 5.26. The molecular weight excluding hydrogens is 408 g/mol. The van der Waals surface area contributed by atoms with Crippen molar-refractivity contribution >= 4 is 23.8 Å². The van der Waals surface area contributed by atoms with Crippen molar-refractivity contribution in [1.29, 1.82) is 0 Å². The van der Waals surface area contributed by atoms with Crippen LogP contribution in [0.15, 0.2) is 29.2 Å². The molecular formula is C17H20N2O9S. The average Bonchev–Trinajstić information content (AvgIpc) is 3.08. The van der Waals surface area contributed by atoms with Crippen molar-refractivity contribution in [2.24, 2.45) is 0 Å². The molecule has 0 bridgehead atoms. The summed E-state index contributed by atoms with van der Waals surface area (Å²) in [5.41, 5.74) is 1.50. The van der Waals surface area contributed by atoms with E-state index in [2.05, 4.69) is 9.68 Å². The molecule has 1 N–H and O–H groups in total. The quantitative estimate of drug-likeness (QED) is 0.332. The van der Waals surface area contributed by atoms with Gasteiger partial charge < -0.3 is 19.5 Å². The first-order valence-corrected chi connectivity index (χ1v) is 9.62. The number of rotatable bonds is 10. The normalized spacial score (nSPS) is 18.4. The van der Waals surface area contributed by atoms with E-state index in [0.29, 0.717) is 5.56 Å². The highest BCUT2D eigenvalue weighted by molar-refractivity contribution is 8.03. The van der Waals surface area contributed by atoms with E-state index in [1.165, 1.54) is 0 Å². The van der Waals surface area contributed by atoms with Crippen LogP contribution in [0.5, 0.6) is 0 Å². The molecule has 0 amide bonds. The van der Waals surface area contributed by atoms with Crippen LogP contribution in [0.4, 0.5) is 0 Å². The number of esters is 1. The van der Waals surface area contributed by atoms with Crippen LogP contribution in [0.25, 0.3) is 6.08 Å². The zero-order valence-corrected chi connectivity index (χ0v) is 16.3. The molecule has 2 rings (SSSR count). The van der Waals surface area contributed by atoms with Crippen molar-refractivity contribution in [2.75, 3.05) is 19.0 Å². The summed E-state index contributed by atoms with van der Waals surface area (Å²) in [6, 6.07) is 7.03. The summed E-state index contributed by atoms with van der Waals surface area (Å²) in [5.74, 6) is -0.589. The number of thioether (sulfide) groups is 1. The lowest BCUT2D eigenvalue weighted by Crippen LogP contribution is -2.32. The van der Waals surface area contributed by atoms with E-state index in [1.54, 1.807) is 43.0 Å². The molecule has 1 aliphatic heterocycles. The maximum atomic E-state index is 12.3. The summed E-state index contributed by atoms with van der Waals surface area (Å²) in [6.07, 6.45) is 0.840. The van der Waals surface area contributed by atoms with Crippen LogP contribution in [0, 0.1) is 20.2 Å². The van der Waals surface area contributed by atoms with Crippen LogP contribution < -0.4 is 0 Å². The molecule has 1 aliphatic rings. The average molecular weight is 428 g/mol. The summed E-state index contributed by atoms with van der Waals surface area (Å²) < 4.78 is 5.07. The van der Waals surface area contributed by atoms with Crippen LogP contribution in [-0.2, 0) is 19.2 Å². The molecule has 0 unspecified atom stereocenters. The standard InChI is InChI=1S/C17H20N2O9S/c1-11(17(21)28-14(9-26-18(22)23)10-27-19(24)25)13-4-2-12(3-5-13)8-16-15(20)6-7-29-16/h2-5,8,11,14-15,20H,6-7,9-10H2,1H3/b16-8-/t11-,15-/m0/s1. The molecule has 0 radical (unpaired) electrons. The summed E-state index contributed by atoms with van der Waals surface area (Å²) in [7, 11) is 0. The molecule has 2 atom stereocenters. The molecule has 11 nitrogen and oxygen atoms in total. The molecule has 158 valence electrons. The Balaban J connectivity index is 1.99. The van der Waals surface area contributed by atoms with Gasteiger partial charge in [0.2, 0.25) is 0 Å². The SMILES string of the molecule is C[C@H](C(=O)OC(CO[N+](=O)[O-])CO[N+](=O)[O-])c1ccc(/C=C2\SCC[C@@H]2O)cc1. The van der Waals surface area contributed by atoms with Gasteiger partial charge in [-0.1, -0.05) is 24.3 Å². The minimum absolute atomic E-state index is 0.451. The fraction of sp³-hybridized carbons (Fsp3) is 0.471. The van der Waals surface area contributed by atoms with Gasteiger partial charge in [-0.05, 0) is 30.5 Å². The predicted molar refractivity (Wildman–Crippen MR) is 102 cm³/mol. The van der Waals surface area contributed by atoms with E-state index in [9.17, 15) is 30.1 Å². The number of nitrogens with zero attached hydrogens (tertiary/aromatic N) is 2. The van der Waals surface area contributed by atoms with E-state index in [-0.39, 0.29) is 0 Å². The number of carbonyl (C=O) groups is 1. The molecule has 0 saturated carbocycles. The molecule has 1 fully saturated rings. The lowest BCUT2D eigenvalue weighted by molar-refractivity contribution is -0.768. The molecule has 1 aromatic rings. The molecule has 1 heterocycles. The number of hydrogen-bond acceptors (Lipinski definition) is 10. The molecule has 12 heteroatoms. The molecule has 29 heavy (non-hydrogen) atoms. The van der Waals surface area contributed by atoms with E-state index in [0.717, 1.165) is 22.6 Å². The fourth-order valence-electron chi connectivity index (χ4n) is 2.52. The second-order valence-electron chi connectivity index (χ2n) is 6.19. The first-order valence-electron chi connectivity index (χ1n) is 8.63. The zero-order valence-electron chi connectivity index (χ0n) is 15.5. The van der Waals surface area contributed by atoms with Crippen molar-refractivity contribution in [2.45, 2.75) is 31.5 Å². The van der Waals surface area contributed by atoms with Gasteiger partial charge >= 0.3 is 5.97 Å². The third kappa shape index (κ3) is 7.23. The Morgan fingerprint density at radius 3 is 2.31 bits per heavy atom. The first-order chi connectivity index (χ1) is 13.8. The van der Waals surface area contributed by atoms with Gasteiger partial charge in [-0.2, -0.15) is 0 Å². The fourth-order valence-corrected chi connectivity index (χ4v) is 3.62. The number of carbonyl (C=O) groups excluding carboxylic acids is 1. The Bertz CT molecular complexity index is 751. The summed E-state index contributed by atoms with van der Waals surface area (Å²) in [5, 5.41) is 28.3. The number of aliphatic hydroxyl groups is 1. The van der Waals surface area contributed by atoms with Crippen LogP contribution in [0.3, 0.4) is 0 Å². The highest BCUT2D eigenvalue weighted by Gasteiger charge is 2.24. The minimum atomic E-state index is -1.31. The molecule has 1 saturated heterocycles. The van der Waals surface area contributed by atoms with Crippen molar-refractivity contribution in [3.8, 4) is 0 Å². The van der Waals surface area contributed by atoms with Gasteiger partial charge in [0.25, 0.3) is 10.2 Å². The van der Waals surface area contributed by atoms with E-state index in [4.69, 9.17) is 4.74 Å². The first kappa shape index (κ1) is 22.4. The lowest BCUT2D eigenvalue weighted by atomic mass is 9.99. The maximum Gasteiger partial charge on any atom is 0.313 e. The van der Waals surface area contributed by atoms with Crippen LogP contribution in [0.1, 0.15) is 30.4 Å². The molecule has 0 spiro atoms. The minimum Gasteiger partial charge on any atom is -0.458 e. The Morgan fingerprint density at radius 1 is 1.24 bits per heavy atom. The Morgan fingerprint density at radius 2 is 1.83 bits per heavy atom. The van der Waals surface area contributed by atoms with E-state index in [1.807, 2.05) is 6.08 Å². The van der Waals surface area contributed by atoms with Gasteiger partial charge in [0.15, 0.2) is 0 Å². The molecule has 1 aromatic carbocycles. The van der Waals surface area contributed by atoms with E-state index < -0.39 is 47.5 Å². The predicted octanol–water partition coefficient (Wildman–Crippen LogP) is 1.96. The van der Waals surface area contributed by atoms with Gasteiger partial charge in [0, 0.05) is 10.7 Å². The van der Waals surface area contributed by atoms with Crippen LogP contribution >= 0.6 is 11.8 Å². The van der Waals surface area contributed by atoms with Gasteiger partial charge in [-0.3, -0.25) is 4.79 Å². The molecule has 0 aromatic heterocycles. The smallest absolute Gasteiger partial charge is 0.313 e. The van der Waals surface area contributed by atoms with Crippen molar-refractivity contribution in [3.05, 3.63) is 60.5 Å².